The number of carbonyl (C=O) groups is 1. The van der Waals surface area contributed by atoms with E-state index in [4.69, 9.17) is 5.73 Å². The van der Waals surface area contributed by atoms with E-state index < -0.39 is 0 Å². The van der Waals surface area contributed by atoms with Gasteiger partial charge in [-0.25, -0.2) is 9.79 Å². The van der Waals surface area contributed by atoms with Gasteiger partial charge in [0.05, 0.1) is 5.69 Å². The number of hydrogen-bond donors (Lipinski definition) is 2. The molecule has 3 aromatic carbocycles. The minimum Gasteiger partial charge on any atom is -0.383 e. The lowest BCUT2D eigenvalue weighted by molar-refractivity contribution is 0.257. The minimum absolute atomic E-state index is 0. The van der Waals surface area contributed by atoms with Crippen LogP contribution in [0.1, 0.15) is 11.1 Å². The second kappa shape index (κ2) is 9.04. The maximum atomic E-state index is 13.0. The Kier molecular flexibility index (Phi) is 6.18. The molecule has 0 aliphatic carbocycles. The van der Waals surface area contributed by atoms with Gasteiger partial charge in [-0.1, -0.05) is 30.3 Å². The molecule has 2 heterocycles. The molecule has 0 unspecified atom stereocenters. The zero-order valence-corrected chi connectivity index (χ0v) is 20.0. The molecule has 1 aromatic heterocycles. The summed E-state index contributed by atoms with van der Waals surface area (Å²) in [5, 5.41) is 4.14. The van der Waals surface area contributed by atoms with Gasteiger partial charge < -0.3 is 15.6 Å². The second-order valence-electron chi connectivity index (χ2n) is 7.71. The first-order chi connectivity index (χ1) is 15.1. The summed E-state index contributed by atoms with van der Waals surface area (Å²) in [6, 6.07) is 23.2. The number of rotatable bonds is 3. The molecule has 3 N–H and O–H groups in total. The number of aromatic nitrogens is 1. The van der Waals surface area contributed by atoms with E-state index in [9.17, 15) is 4.79 Å². The Morgan fingerprint density at radius 2 is 1.84 bits per heavy atom. The highest BCUT2D eigenvalue weighted by Gasteiger charge is 2.25. The quantitative estimate of drug-likeness (QED) is 0.208. The van der Waals surface area contributed by atoms with Crippen molar-refractivity contribution >= 4 is 63.8 Å². The van der Waals surface area contributed by atoms with Crippen LogP contribution >= 0.6 is 24.0 Å². The summed E-state index contributed by atoms with van der Waals surface area (Å²) in [6.45, 7) is 0.661. The van der Waals surface area contributed by atoms with Crippen LogP contribution in [0.4, 0.5) is 21.9 Å². The van der Waals surface area contributed by atoms with Crippen LogP contribution in [0.25, 0.3) is 10.9 Å². The molecule has 1 aliphatic rings. The molecule has 162 valence electrons. The van der Waals surface area contributed by atoms with Crippen molar-refractivity contribution in [1.82, 2.24) is 4.57 Å². The van der Waals surface area contributed by atoms with Gasteiger partial charge in [0.2, 0.25) is 0 Å². The van der Waals surface area contributed by atoms with Gasteiger partial charge in [-0.15, -0.1) is 24.0 Å². The van der Waals surface area contributed by atoms with Crippen molar-refractivity contribution in [2.45, 2.75) is 6.42 Å². The average molecular weight is 537 g/mol. The molecule has 0 radical (unpaired) electrons. The topological polar surface area (TPSA) is 75.7 Å². The summed E-state index contributed by atoms with van der Waals surface area (Å²) in [5.74, 6) is 0.403. The van der Waals surface area contributed by atoms with Crippen molar-refractivity contribution in [1.29, 1.82) is 0 Å². The van der Waals surface area contributed by atoms with E-state index in [0.29, 0.717) is 18.1 Å². The van der Waals surface area contributed by atoms with Crippen molar-refractivity contribution < 1.29 is 4.79 Å². The van der Waals surface area contributed by atoms with Gasteiger partial charge in [0.15, 0.2) is 0 Å². The normalized spacial score (nSPS) is 13.0. The van der Waals surface area contributed by atoms with E-state index in [1.165, 1.54) is 11.1 Å². The molecule has 2 amide bonds. The first-order valence-corrected chi connectivity index (χ1v) is 10.2. The number of benzene rings is 3. The van der Waals surface area contributed by atoms with E-state index >= 15 is 0 Å². The summed E-state index contributed by atoms with van der Waals surface area (Å²) in [4.78, 5) is 19.3. The molecule has 7 heteroatoms. The Morgan fingerprint density at radius 1 is 1.03 bits per heavy atom. The van der Waals surface area contributed by atoms with Crippen LogP contribution in [0.15, 0.2) is 84.0 Å². The molecule has 4 aromatic rings. The zero-order valence-electron chi connectivity index (χ0n) is 17.7. The van der Waals surface area contributed by atoms with Gasteiger partial charge in [-0.3, -0.25) is 4.90 Å². The largest absolute Gasteiger partial charge is 0.383 e. The highest BCUT2D eigenvalue weighted by molar-refractivity contribution is 14.0. The molecule has 0 spiro atoms. The fourth-order valence-corrected chi connectivity index (χ4v) is 4.02. The predicted octanol–water partition coefficient (Wildman–Crippen LogP) is 5.43. The van der Waals surface area contributed by atoms with Crippen LogP contribution in [-0.2, 0) is 13.5 Å². The number of aliphatic imine (C=N–C) groups is 1. The second-order valence-corrected chi connectivity index (χ2v) is 7.71. The zero-order chi connectivity index (χ0) is 21.4. The number of amides is 2. The molecule has 0 bridgehead atoms. The summed E-state index contributed by atoms with van der Waals surface area (Å²) in [6.07, 6.45) is 2.89. The molecular formula is C25H24IN5O. The Hall–Kier alpha value is -3.33. The lowest BCUT2D eigenvalue weighted by Crippen LogP contribution is -2.33. The molecule has 5 rings (SSSR count). The van der Waals surface area contributed by atoms with Gasteiger partial charge >= 0.3 is 6.03 Å². The molecular weight excluding hydrogens is 513 g/mol. The molecule has 6 nitrogen and oxygen atoms in total. The summed E-state index contributed by atoms with van der Waals surface area (Å²) >= 11 is 0. The third-order valence-corrected chi connectivity index (χ3v) is 5.64. The van der Waals surface area contributed by atoms with E-state index in [1.54, 1.807) is 4.90 Å². The van der Waals surface area contributed by atoms with Gasteiger partial charge in [0.25, 0.3) is 0 Å². The van der Waals surface area contributed by atoms with Crippen molar-refractivity contribution in [3.63, 3.8) is 0 Å². The van der Waals surface area contributed by atoms with Gasteiger partial charge in [-0.2, -0.15) is 0 Å². The number of aryl methyl sites for hydroxylation is 1. The number of amidine groups is 1. The molecule has 0 saturated heterocycles. The average Bonchev–Trinajstić information content (AvgIpc) is 3.36. The molecule has 0 fully saturated rings. The van der Waals surface area contributed by atoms with Crippen molar-refractivity contribution in [3.8, 4) is 0 Å². The Balaban J connectivity index is 0.00000245. The van der Waals surface area contributed by atoms with Crippen LogP contribution < -0.4 is 16.0 Å². The Morgan fingerprint density at radius 3 is 2.66 bits per heavy atom. The molecule has 0 saturated carbocycles. The number of anilines is 2. The van der Waals surface area contributed by atoms with E-state index in [-0.39, 0.29) is 30.0 Å². The summed E-state index contributed by atoms with van der Waals surface area (Å²) in [5.41, 5.74) is 11.8. The van der Waals surface area contributed by atoms with Gasteiger partial charge in [0.1, 0.15) is 5.84 Å². The van der Waals surface area contributed by atoms with Crippen molar-refractivity contribution in [3.05, 3.63) is 90.1 Å². The molecule has 32 heavy (non-hydrogen) atoms. The van der Waals surface area contributed by atoms with E-state index in [1.807, 2.05) is 67.8 Å². The van der Waals surface area contributed by atoms with Crippen molar-refractivity contribution in [2.24, 2.45) is 17.8 Å². The summed E-state index contributed by atoms with van der Waals surface area (Å²) < 4.78 is 2.10. The summed E-state index contributed by atoms with van der Waals surface area (Å²) in [7, 11) is 2.04. The number of carbonyl (C=O) groups excluding carboxylic acids is 1. The van der Waals surface area contributed by atoms with Crippen LogP contribution in [0.5, 0.6) is 0 Å². The first-order valence-electron chi connectivity index (χ1n) is 10.2. The SMILES string of the molecule is Cn1ccc2cc3c(cc21)CCN3C(=O)Nc1cccc(C(N)=Nc2ccccc2)c1.I. The fraction of sp³-hybridized carbons (Fsp3) is 0.120. The maximum Gasteiger partial charge on any atom is 0.326 e. The van der Waals surface area contributed by atoms with Crippen LogP contribution in [-0.4, -0.2) is 23.0 Å². The number of nitrogens with one attached hydrogen (secondary N) is 1. The first kappa shape index (κ1) is 21.9. The lowest BCUT2D eigenvalue weighted by atomic mass is 10.1. The number of halogens is 1. The minimum atomic E-state index is -0.148. The van der Waals surface area contributed by atoms with Crippen LogP contribution in [0.2, 0.25) is 0 Å². The monoisotopic (exact) mass is 537 g/mol. The highest BCUT2D eigenvalue weighted by Crippen LogP contribution is 2.33. The third-order valence-electron chi connectivity index (χ3n) is 5.64. The highest BCUT2D eigenvalue weighted by atomic mass is 127. The smallest absolute Gasteiger partial charge is 0.326 e. The van der Waals surface area contributed by atoms with Gasteiger partial charge in [0, 0.05) is 47.6 Å². The standard InChI is InChI=1S/C25H23N5O.HI/c1-29-12-10-17-16-23-18(15-22(17)29)11-13-30(23)25(31)28-21-9-5-6-19(14-21)24(26)27-20-7-3-2-4-8-20;/h2-10,12,14-16H,11,13H2,1H3,(H2,26,27)(H,28,31);1H. The fourth-order valence-electron chi connectivity index (χ4n) is 4.02. The van der Waals surface area contributed by atoms with Gasteiger partial charge in [-0.05, 0) is 54.4 Å². The number of fused-ring (bicyclic) bond motifs is 2. The van der Waals surface area contributed by atoms with Crippen LogP contribution in [0, 0.1) is 0 Å². The number of para-hydroxylation sites is 1. The lowest BCUT2D eigenvalue weighted by Gasteiger charge is -2.18. The predicted molar refractivity (Wildman–Crippen MR) is 142 cm³/mol. The Labute approximate surface area is 203 Å². The molecule has 1 aliphatic heterocycles. The Bertz CT molecular complexity index is 1310. The van der Waals surface area contributed by atoms with Crippen molar-refractivity contribution in [2.75, 3.05) is 16.8 Å². The van der Waals surface area contributed by atoms with Crippen LogP contribution in [0.3, 0.4) is 0 Å². The number of urea groups is 1. The maximum absolute atomic E-state index is 13.0. The molecule has 0 atom stereocenters. The van der Waals surface area contributed by atoms with E-state index in [0.717, 1.165) is 28.7 Å². The third kappa shape index (κ3) is 4.20. The number of nitrogens with two attached hydrogens (primary N) is 1. The number of hydrogen-bond acceptors (Lipinski definition) is 2. The number of nitrogens with zero attached hydrogens (tertiary/aromatic N) is 3. The van der Waals surface area contributed by atoms with E-state index in [2.05, 4.69) is 33.1 Å².